The first-order chi connectivity index (χ1) is 15.3. The predicted octanol–water partition coefficient (Wildman–Crippen LogP) is 3.67. The number of aliphatic hydroxyl groups is 1. The fourth-order valence-corrected chi connectivity index (χ4v) is 5.44. The molecule has 0 aromatic carbocycles. The Kier molecular flexibility index (Phi) is 9.88. The van der Waals surface area contributed by atoms with Crippen LogP contribution in [0.3, 0.4) is 0 Å². The summed E-state index contributed by atoms with van der Waals surface area (Å²) >= 11 is 1.52. The molecule has 2 aliphatic rings. The van der Waals surface area contributed by atoms with E-state index in [2.05, 4.69) is 12.2 Å². The summed E-state index contributed by atoms with van der Waals surface area (Å²) in [6, 6.07) is -1.05. The molecule has 192 valence electrons. The number of fused-ring (bicyclic) bond motifs is 1. The molecule has 0 radical (unpaired) electrons. The molecule has 2 fully saturated rings. The third-order valence-electron chi connectivity index (χ3n) is 5.62. The molecule has 0 aliphatic carbocycles. The normalized spacial score (nSPS) is 29.5. The topological polar surface area (TPSA) is 124 Å². The van der Waals surface area contributed by atoms with Crippen LogP contribution in [0.25, 0.3) is 0 Å². The van der Waals surface area contributed by atoms with Crippen molar-refractivity contribution in [1.82, 2.24) is 5.32 Å². The Morgan fingerprint density at radius 1 is 1.15 bits per heavy atom. The fourth-order valence-electron chi connectivity index (χ4n) is 4.17. The van der Waals surface area contributed by atoms with Gasteiger partial charge < -0.3 is 34.5 Å². The van der Waals surface area contributed by atoms with Crippen LogP contribution in [0.4, 0.5) is 4.79 Å². The van der Waals surface area contributed by atoms with Crippen LogP contribution in [0.5, 0.6) is 0 Å². The third-order valence-corrected chi connectivity index (χ3v) is 6.84. The van der Waals surface area contributed by atoms with Gasteiger partial charge in [-0.1, -0.05) is 32.6 Å². The Morgan fingerprint density at radius 3 is 2.45 bits per heavy atom. The van der Waals surface area contributed by atoms with E-state index in [0.717, 1.165) is 32.1 Å². The van der Waals surface area contributed by atoms with Crippen molar-refractivity contribution in [3.05, 3.63) is 0 Å². The van der Waals surface area contributed by atoms with Crippen LogP contribution in [0.2, 0.25) is 0 Å². The zero-order chi connectivity index (χ0) is 24.9. The van der Waals surface area contributed by atoms with Gasteiger partial charge >= 0.3 is 12.1 Å². The highest BCUT2D eigenvalue weighted by molar-refractivity contribution is 7.99. The van der Waals surface area contributed by atoms with Gasteiger partial charge in [0.2, 0.25) is 0 Å². The van der Waals surface area contributed by atoms with E-state index in [9.17, 15) is 19.8 Å². The van der Waals surface area contributed by atoms with Crippen molar-refractivity contribution in [1.29, 1.82) is 0 Å². The molecule has 5 atom stereocenters. The van der Waals surface area contributed by atoms with Crippen LogP contribution in [0.1, 0.15) is 80.1 Å². The number of carboxylic acid groups (broad SMARTS) is 1. The molecule has 0 spiro atoms. The molecule has 1 unspecified atom stereocenters. The number of hydrogen-bond acceptors (Lipinski definition) is 8. The van der Waals surface area contributed by atoms with Crippen LogP contribution >= 0.6 is 11.8 Å². The average Bonchev–Trinajstić information content (AvgIpc) is 3.12. The molecule has 9 nitrogen and oxygen atoms in total. The number of unbranched alkanes of at least 4 members (excludes halogenated alkanes) is 3. The van der Waals surface area contributed by atoms with E-state index in [4.69, 9.17) is 18.9 Å². The number of amides is 1. The SMILES string of the molecule is CCCCCC[C@]1(CSCC[C@H](NC(=O)OC(C)(C)C)C(=O)O)OC(O)[C@@H]2OC(C)(C)O[C@@H]21. The number of aliphatic hydroxyl groups excluding tert-OH is 1. The number of carbonyl (C=O) groups excluding carboxylic acids is 1. The van der Waals surface area contributed by atoms with Gasteiger partial charge in [0.1, 0.15) is 29.5 Å². The van der Waals surface area contributed by atoms with E-state index in [1.165, 1.54) is 11.8 Å². The van der Waals surface area contributed by atoms with Crippen molar-refractivity contribution in [3.8, 4) is 0 Å². The summed E-state index contributed by atoms with van der Waals surface area (Å²) in [6.45, 7) is 11.0. The minimum absolute atomic E-state index is 0.227. The summed E-state index contributed by atoms with van der Waals surface area (Å²) in [5.41, 5.74) is -1.42. The number of nitrogens with one attached hydrogen (secondary N) is 1. The Balaban J connectivity index is 1.97. The van der Waals surface area contributed by atoms with Crippen LogP contribution in [0.15, 0.2) is 0 Å². The van der Waals surface area contributed by atoms with E-state index in [1.807, 2.05) is 13.8 Å². The van der Waals surface area contributed by atoms with Crippen molar-refractivity contribution >= 4 is 23.8 Å². The standard InChI is InChI=1S/C23H41NO8S/c1-7-8-9-10-12-23(17-16(19(27)31-23)29-22(5,6)30-17)14-33-13-11-15(18(25)26)24-20(28)32-21(2,3)4/h15-17,19,27H,7-14H2,1-6H3,(H,24,28)(H,25,26)/t15-,16+,17-,19?,23+/m0/s1. The predicted molar refractivity (Wildman–Crippen MR) is 125 cm³/mol. The summed E-state index contributed by atoms with van der Waals surface area (Å²) in [5.74, 6) is -0.914. The molecule has 0 saturated carbocycles. The van der Waals surface area contributed by atoms with Gasteiger partial charge in [-0.25, -0.2) is 9.59 Å². The van der Waals surface area contributed by atoms with E-state index >= 15 is 0 Å². The molecular formula is C23H41NO8S. The van der Waals surface area contributed by atoms with Crippen LogP contribution in [-0.2, 0) is 23.7 Å². The Morgan fingerprint density at radius 2 is 1.85 bits per heavy atom. The van der Waals surface area contributed by atoms with Crippen molar-refractivity contribution < 1.29 is 38.7 Å². The van der Waals surface area contributed by atoms with Gasteiger partial charge in [0.15, 0.2) is 12.1 Å². The maximum Gasteiger partial charge on any atom is 0.408 e. The fraction of sp³-hybridized carbons (Fsp3) is 0.913. The molecule has 0 aromatic heterocycles. The second-order valence-electron chi connectivity index (χ2n) is 10.3. The summed E-state index contributed by atoms with van der Waals surface area (Å²) in [5, 5.41) is 22.4. The van der Waals surface area contributed by atoms with E-state index in [0.29, 0.717) is 11.5 Å². The number of aliphatic carboxylic acids is 1. The smallest absolute Gasteiger partial charge is 0.408 e. The molecule has 2 saturated heterocycles. The van der Waals surface area contributed by atoms with E-state index in [1.54, 1.807) is 20.8 Å². The van der Waals surface area contributed by atoms with Crippen LogP contribution in [-0.4, -0.2) is 75.3 Å². The lowest BCUT2D eigenvalue weighted by Gasteiger charge is -2.34. The number of thioether (sulfide) groups is 1. The first-order valence-electron chi connectivity index (χ1n) is 11.8. The minimum atomic E-state index is -1.11. The largest absolute Gasteiger partial charge is 0.480 e. The lowest BCUT2D eigenvalue weighted by molar-refractivity contribution is -0.240. The minimum Gasteiger partial charge on any atom is -0.480 e. The Labute approximate surface area is 201 Å². The molecule has 0 aromatic rings. The molecule has 2 aliphatic heterocycles. The first kappa shape index (κ1) is 28.2. The molecular weight excluding hydrogens is 450 g/mol. The molecule has 33 heavy (non-hydrogen) atoms. The molecule has 10 heteroatoms. The lowest BCUT2D eigenvalue weighted by Crippen LogP contribution is -2.46. The lowest BCUT2D eigenvalue weighted by atomic mass is 9.91. The van der Waals surface area contributed by atoms with Gasteiger partial charge in [0.05, 0.1) is 0 Å². The van der Waals surface area contributed by atoms with Gasteiger partial charge in [-0.3, -0.25) is 0 Å². The summed E-state index contributed by atoms with van der Waals surface area (Å²) < 4.78 is 23.2. The van der Waals surface area contributed by atoms with Crippen molar-refractivity contribution in [2.24, 2.45) is 0 Å². The highest BCUT2D eigenvalue weighted by atomic mass is 32.2. The Hall–Kier alpha value is -1.07. The number of rotatable bonds is 12. The summed E-state index contributed by atoms with van der Waals surface area (Å²) in [4.78, 5) is 23.6. The first-order valence-corrected chi connectivity index (χ1v) is 13.0. The maximum absolute atomic E-state index is 12.0. The molecule has 0 bridgehead atoms. The second-order valence-corrected chi connectivity index (χ2v) is 11.4. The quantitative estimate of drug-likeness (QED) is 0.351. The van der Waals surface area contributed by atoms with E-state index in [-0.39, 0.29) is 6.42 Å². The van der Waals surface area contributed by atoms with Crippen LogP contribution in [0, 0.1) is 0 Å². The number of hydrogen-bond donors (Lipinski definition) is 3. The van der Waals surface area contributed by atoms with Crippen LogP contribution < -0.4 is 5.32 Å². The monoisotopic (exact) mass is 491 g/mol. The van der Waals surface area contributed by atoms with Gasteiger partial charge in [-0.05, 0) is 53.2 Å². The zero-order valence-corrected chi connectivity index (χ0v) is 21.5. The molecule has 1 amide bonds. The molecule has 2 heterocycles. The second kappa shape index (κ2) is 11.6. The number of carboxylic acids is 1. The highest BCUT2D eigenvalue weighted by Gasteiger charge is 2.62. The Bertz CT molecular complexity index is 667. The third kappa shape index (κ3) is 8.28. The summed E-state index contributed by atoms with van der Waals surface area (Å²) in [7, 11) is 0. The van der Waals surface area contributed by atoms with Gasteiger partial charge in [0, 0.05) is 5.75 Å². The van der Waals surface area contributed by atoms with Gasteiger partial charge in [-0.2, -0.15) is 11.8 Å². The molecule has 2 rings (SSSR count). The highest BCUT2D eigenvalue weighted by Crippen LogP contribution is 2.47. The average molecular weight is 492 g/mol. The van der Waals surface area contributed by atoms with Crippen molar-refractivity contribution in [3.63, 3.8) is 0 Å². The summed E-state index contributed by atoms with van der Waals surface area (Å²) in [6.07, 6.45) is 2.42. The zero-order valence-electron chi connectivity index (χ0n) is 20.7. The number of alkyl carbamates (subject to hydrolysis) is 1. The van der Waals surface area contributed by atoms with Gasteiger partial charge in [-0.15, -0.1) is 0 Å². The maximum atomic E-state index is 12.0. The van der Waals surface area contributed by atoms with Crippen molar-refractivity contribution in [2.45, 2.75) is 122 Å². The van der Waals surface area contributed by atoms with Crippen molar-refractivity contribution in [2.75, 3.05) is 11.5 Å². The van der Waals surface area contributed by atoms with Gasteiger partial charge in [0.25, 0.3) is 0 Å². The number of ether oxygens (including phenoxy) is 4. The number of carbonyl (C=O) groups is 2. The van der Waals surface area contributed by atoms with E-state index < -0.39 is 53.6 Å². The molecule has 3 N–H and O–H groups in total.